The molecule has 0 aromatic heterocycles. The first-order valence-corrected chi connectivity index (χ1v) is 7.93. The summed E-state index contributed by atoms with van der Waals surface area (Å²) in [5.74, 6) is -1.26. The number of likely N-dealkylation sites (N-methyl/N-ethyl adjacent to an activating group) is 1. The lowest BCUT2D eigenvalue weighted by molar-refractivity contribution is -0.143. The third-order valence-electron chi connectivity index (χ3n) is 4.49. The second kappa shape index (κ2) is 8.87. The zero-order valence-electron chi connectivity index (χ0n) is 13.4. The van der Waals surface area contributed by atoms with Crippen molar-refractivity contribution in [3.63, 3.8) is 0 Å². The van der Waals surface area contributed by atoms with E-state index >= 15 is 0 Å². The highest BCUT2D eigenvalue weighted by molar-refractivity contribution is 5.76. The molecule has 0 spiro atoms. The van der Waals surface area contributed by atoms with Crippen LogP contribution >= 0.6 is 0 Å². The van der Waals surface area contributed by atoms with Gasteiger partial charge in [0.15, 0.2) is 0 Å². The van der Waals surface area contributed by atoms with Gasteiger partial charge in [-0.15, -0.1) is 0 Å². The second-order valence-corrected chi connectivity index (χ2v) is 5.97. The van der Waals surface area contributed by atoms with Gasteiger partial charge in [0, 0.05) is 25.2 Å². The number of aliphatic carboxylic acids is 1. The molecule has 0 heterocycles. The van der Waals surface area contributed by atoms with Gasteiger partial charge in [0.2, 0.25) is 0 Å². The van der Waals surface area contributed by atoms with Gasteiger partial charge >= 0.3 is 12.0 Å². The average molecular weight is 299 g/mol. The molecule has 0 radical (unpaired) electrons. The molecule has 0 aromatic carbocycles. The zero-order chi connectivity index (χ0) is 15.8. The van der Waals surface area contributed by atoms with E-state index in [4.69, 9.17) is 0 Å². The van der Waals surface area contributed by atoms with Crippen molar-refractivity contribution in [3.8, 4) is 0 Å². The summed E-state index contributed by atoms with van der Waals surface area (Å²) in [5.41, 5.74) is 0. The highest BCUT2D eigenvalue weighted by Crippen LogP contribution is 2.24. The Morgan fingerprint density at radius 2 is 2.00 bits per heavy atom. The normalized spacial score (nSPS) is 23.6. The molecule has 6 heteroatoms. The summed E-state index contributed by atoms with van der Waals surface area (Å²) in [4.78, 5) is 25.2. The Balaban J connectivity index is 2.31. The van der Waals surface area contributed by atoms with Gasteiger partial charge in [0.25, 0.3) is 0 Å². The van der Waals surface area contributed by atoms with Crippen LogP contribution in [-0.2, 0) is 4.79 Å². The SMILES string of the molecule is CCC(C)N(C)CCNC(=O)NC1CCCCC1C(=O)O. The van der Waals surface area contributed by atoms with Crippen LogP contribution in [0.15, 0.2) is 0 Å². The maximum absolute atomic E-state index is 11.9. The van der Waals surface area contributed by atoms with Crippen LogP contribution in [0, 0.1) is 5.92 Å². The Bertz CT molecular complexity index is 349. The fourth-order valence-corrected chi connectivity index (χ4v) is 2.70. The van der Waals surface area contributed by atoms with Crippen molar-refractivity contribution in [1.29, 1.82) is 0 Å². The minimum atomic E-state index is -0.809. The molecule has 0 aromatic rings. The van der Waals surface area contributed by atoms with Gasteiger partial charge in [-0.25, -0.2) is 4.79 Å². The number of nitrogens with one attached hydrogen (secondary N) is 2. The number of nitrogens with zero attached hydrogens (tertiary/aromatic N) is 1. The van der Waals surface area contributed by atoms with Gasteiger partial charge in [-0.3, -0.25) is 4.79 Å². The van der Waals surface area contributed by atoms with E-state index in [1.807, 2.05) is 7.05 Å². The summed E-state index contributed by atoms with van der Waals surface area (Å²) in [6, 6.07) is -0.0150. The highest BCUT2D eigenvalue weighted by Gasteiger charge is 2.31. The first kappa shape index (κ1) is 17.8. The van der Waals surface area contributed by atoms with Gasteiger partial charge in [-0.2, -0.15) is 0 Å². The van der Waals surface area contributed by atoms with Crippen molar-refractivity contribution >= 4 is 12.0 Å². The predicted molar refractivity (Wildman–Crippen MR) is 82.3 cm³/mol. The van der Waals surface area contributed by atoms with Crippen molar-refractivity contribution in [1.82, 2.24) is 15.5 Å². The fourth-order valence-electron chi connectivity index (χ4n) is 2.70. The number of carboxylic acids is 1. The quantitative estimate of drug-likeness (QED) is 0.668. The number of hydrogen-bond donors (Lipinski definition) is 3. The minimum Gasteiger partial charge on any atom is -0.481 e. The van der Waals surface area contributed by atoms with Crippen LogP contribution in [0.1, 0.15) is 46.0 Å². The summed E-state index contributed by atoms with van der Waals surface area (Å²) in [7, 11) is 2.04. The molecule has 3 N–H and O–H groups in total. The van der Waals surface area contributed by atoms with E-state index in [0.29, 0.717) is 19.0 Å². The smallest absolute Gasteiger partial charge is 0.315 e. The molecule has 6 nitrogen and oxygen atoms in total. The highest BCUT2D eigenvalue weighted by atomic mass is 16.4. The molecule has 1 aliphatic rings. The fraction of sp³-hybridized carbons (Fsp3) is 0.867. The minimum absolute atomic E-state index is 0.247. The maximum Gasteiger partial charge on any atom is 0.315 e. The molecular weight excluding hydrogens is 270 g/mol. The van der Waals surface area contributed by atoms with Crippen LogP contribution in [0.5, 0.6) is 0 Å². The van der Waals surface area contributed by atoms with E-state index in [0.717, 1.165) is 32.2 Å². The second-order valence-electron chi connectivity index (χ2n) is 5.97. The maximum atomic E-state index is 11.9. The Labute approximate surface area is 127 Å². The van der Waals surface area contributed by atoms with Gasteiger partial charge in [-0.05, 0) is 33.2 Å². The first-order valence-electron chi connectivity index (χ1n) is 7.93. The number of urea groups is 1. The molecule has 1 saturated carbocycles. The van der Waals surface area contributed by atoms with Crippen LogP contribution in [0.4, 0.5) is 4.79 Å². The van der Waals surface area contributed by atoms with E-state index in [9.17, 15) is 14.7 Å². The third kappa shape index (κ3) is 5.91. The number of amides is 2. The molecule has 0 aliphatic heterocycles. The first-order chi connectivity index (χ1) is 9.95. The van der Waals surface area contributed by atoms with E-state index < -0.39 is 11.9 Å². The number of rotatable bonds is 7. The molecule has 1 aliphatic carbocycles. The zero-order valence-corrected chi connectivity index (χ0v) is 13.4. The topological polar surface area (TPSA) is 81.7 Å². The molecule has 0 bridgehead atoms. The molecular formula is C15H29N3O3. The van der Waals surface area contributed by atoms with Gasteiger partial charge in [-0.1, -0.05) is 19.8 Å². The van der Waals surface area contributed by atoms with E-state index in [-0.39, 0.29) is 12.1 Å². The molecule has 3 atom stereocenters. The molecule has 1 rings (SSSR count). The van der Waals surface area contributed by atoms with Crippen molar-refractivity contribution in [2.24, 2.45) is 5.92 Å². The number of carboxylic acid groups (broad SMARTS) is 1. The lowest BCUT2D eigenvalue weighted by Crippen LogP contribution is -2.50. The van der Waals surface area contributed by atoms with E-state index in [1.54, 1.807) is 0 Å². The Morgan fingerprint density at radius 3 is 2.62 bits per heavy atom. The van der Waals surface area contributed by atoms with Crippen LogP contribution in [-0.4, -0.2) is 54.2 Å². The lowest BCUT2D eigenvalue weighted by Gasteiger charge is -2.29. The summed E-state index contributed by atoms with van der Waals surface area (Å²) < 4.78 is 0. The molecule has 3 unspecified atom stereocenters. The third-order valence-corrected chi connectivity index (χ3v) is 4.49. The molecule has 21 heavy (non-hydrogen) atoms. The molecule has 122 valence electrons. The van der Waals surface area contributed by atoms with Crippen LogP contribution in [0.3, 0.4) is 0 Å². The van der Waals surface area contributed by atoms with Gasteiger partial charge in [0.1, 0.15) is 0 Å². The Morgan fingerprint density at radius 1 is 1.33 bits per heavy atom. The van der Waals surface area contributed by atoms with Gasteiger partial charge in [0.05, 0.1) is 5.92 Å². The summed E-state index contributed by atoms with van der Waals surface area (Å²) in [6.45, 7) is 5.64. The largest absolute Gasteiger partial charge is 0.481 e. The summed E-state index contributed by atoms with van der Waals surface area (Å²) in [6.07, 6.45) is 4.38. The van der Waals surface area contributed by atoms with Gasteiger partial charge < -0.3 is 20.6 Å². The number of carbonyl (C=O) groups excluding carboxylic acids is 1. The van der Waals surface area contributed by atoms with Crippen molar-refractivity contribution in [2.75, 3.05) is 20.1 Å². The van der Waals surface area contributed by atoms with Crippen molar-refractivity contribution in [3.05, 3.63) is 0 Å². The Hall–Kier alpha value is -1.30. The monoisotopic (exact) mass is 299 g/mol. The van der Waals surface area contributed by atoms with Crippen molar-refractivity contribution < 1.29 is 14.7 Å². The molecule has 1 fully saturated rings. The van der Waals surface area contributed by atoms with Crippen LogP contribution in [0.2, 0.25) is 0 Å². The lowest BCUT2D eigenvalue weighted by atomic mass is 9.84. The number of hydrogen-bond acceptors (Lipinski definition) is 3. The summed E-state index contributed by atoms with van der Waals surface area (Å²) >= 11 is 0. The standard InChI is InChI=1S/C15H29N3O3/c1-4-11(2)18(3)10-9-16-15(21)17-13-8-6-5-7-12(13)14(19)20/h11-13H,4-10H2,1-3H3,(H,19,20)(H2,16,17,21). The summed E-state index contributed by atoms with van der Waals surface area (Å²) in [5, 5.41) is 14.8. The van der Waals surface area contributed by atoms with Crippen molar-refractivity contribution in [2.45, 2.75) is 58.0 Å². The molecule has 2 amide bonds. The molecule has 0 saturated heterocycles. The van der Waals surface area contributed by atoms with Crippen LogP contribution in [0.25, 0.3) is 0 Å². The number of carbonyl (C=O) groups is 2. The van der Waals surface area contributed by atoms with Crippen LogP contribution < -0.4 is 10.6 Å². The average Bonchev–Trinajstić information content (AvgIpc) is 2.46. The van der Waals surface area contributed by atoms with E-state index in [1.165, 1.54) is 0 Å². The van der Waals surface area contributed by atoms with E-state index in [2.05, 4.69) is 29.4 Å². The Kier molecular flexibility index (Phi) is 7.50. The predicted octanol–water partition coefficient (Wildman–Crippen LogP) is 1.66.